The van der Waals surface area contributed by atoms with Gasteiger partial charge in [-0.2, -0.15) is 5.26 Å². The smallest absolute Gasteiger partial charge is 0.0992 e. The maximum absolute atomic E-state index is 8.88. The van der Waals surface area contributed by atoms with Crippen molar-refractivity contribution in [3.8, 4) is 6.07 Å². The van der Waals surface area contributed by atoms with Crippen LogP contribution >= 0.6 is 0 Å². The highest BCUT2D eigenvalue weighted by molar-refractivity contribution is 5.81. The molecule has 0 aliphatic heterocycles. The van der Waals surface area contributed by atoms with Crippen LogP contribution in [0.3, 0.4) is 0 Å². The zero-order valence-electron chi connectivity index (χ0n) is 9.40. The monoisotopic (exact) mass is 210 g/mol. The third-order valence-corrected chi connectivity index (χ3v) is 2.80. The molecule has 16 heavy (non-hydrogen) atoms. The van der Waals surface area contributed by atoms with Crippen molar-refractivity contribution >= 4 is 10.9 Å². The molecule has 0 atom stereocenters. The first-order valence-electron chi connectivity index (χ1n) is 5.40. The van der Waals surface area contributed by atoms with Crippen LogP contribution in [0.5, 0.6) is 0 Å². The molecule has 1 heterocycles. The lowest BCUT2D eigenvalue weighted by atomic mass is 10.2. The van der Waals surface area contributed by atoms with Crippen molar-refractivity contribution in [3.63, 3.8) is 0 Å². The number of nitriles is 1. The highest BCUT2D eigenvalue weighted by Crippen LogP contribution is 2.18. The molecule has 0 radical (unpaired) electrons. The summed E-state index contributed by atoms with van der Waals surface area (Å²) in [6.07, 6.45) is 3.03. The van der Waals surface area contributed by atoms with Crippen LogP contribution in [0.25, 0.3) is 10.9 Å². The maximum Gasteiger partial charge on any atom is 0.0992 e. The fraction of sp³-hybridized carbons (Fsp3) is 0.214. The fourth-order valence-electron chi connectivity index (χ4n) is 1.74. The average molecular weight is 210 g/mol. The molecule has 1 aromatic carbocycles. The third kappa shape index (κ3) is 1.85. The van der Waals surface area contributed by atoms with Gasteiger partial charge in [0.05, 0.1) is 11.6 Å². The maximum atomic E-state index is 8.88. The van der Waals surface area contributed by atoms with Gasteiger partial charge in [0.15, 0.2) is 0 Å². The van der Waals surface area contributed by atoms with Gasteiger partial charge in [0.25, 0.3) is 0 Å². The average Bonchev–Trinajstić information content (AvgIpc) is 2.71. The topological polar surface area (TPSA) is 28.7 Å². The number of rotatable bonds is 3. The zero-order valence-corrected chi connectivity index (χ0v) is 9.40. The van der Waals surface area contributed by atoms with Crippen LogP contribution in [0.1, 0.15) is 18.9 Å². The van der Waals surface area contributed by atoms with Gasteiger partial charge in [-0.3, -0.25) is 0 Å². The number of aromatic nitrogens is 1. The van der Waals surface area contributed by atoms with Gasteiger partial charge in [-0.1, -0.05) is 25.1 Å². The lowest BCUT2D eigenvalue weighted by molar-refractivity contribution is 0.790. The number of hydrogen-bond donors (Lipinski definition) is 0. The summed E-state index contributed by atoms with van der Waals surface area (Å²) in [7, 11) is 0. The molecule has 2 aromatic rings. The summed E-state index contributed by atoms with van der Waals surface area (Å²) in [6.45, 7) is 6.95. The molecular weight excluding hydrogens is 196 g/mol. The van der Waals surface area contributed by atoms with E-state index in [2.05, 4.69) is 30.2 Å². The van der Waals surface area contributed by atoms with Gasteiger partial charge in [0, 0.05) is 18.3 Å². The number of fused-ring (bicyclic) bond motifs is 1. The standard InChI is InChI=1S/C14H14N2/c1-3-11(2)10-16-7-6-13-5-4-12(9-15)8-14(13)16/h4-8H,2-3,10H2,1H3. The molecule has 0 amide bonds. The lowest BCUT2D eigenvalue weighted by Gasteiger charge is -2.06. The van der Waals surface area contributed by atoms with Crippen molar-refractivity contribution < 1.29 is 0 Å². The van der Waals surface area contributed by atoms with E-state index in [1.54, 1.807) is 0 Å². The molecule has 0 spiro atoms. The minimum absolute atomic E-state index is 0.703. The minimum atomic E-state index is 0.703. The van der Waals surface area contributed by atoms with Crippen molar-refractivity contribution in [3.05, 3.63) is 48.2 Å². The molecule has 0 N–H and O–H groups in total. The quantitative estimate of drug-likeness (QED) is 0.713. The van der Waals surface area contributed by atoms with Crippen molar-refractivity contribution in [1.29, 1.82) is 5.26 Å². The van der Waals surface area contributed by atoms with Crippen LogP contribution < -0.4 is 0 Å². The predicted molar refractivity (Wildman–Crippen MR) is 66.1 cm³/mol. The van der Waals surface area contributed by atoms with E-state index in [4.69, 9.17) is 5.26 Å². The van der Waals surface area contributed by atoms with Crippen LogP contribution in [-0.4, -0.2) is 4.57 Å². The second kappa shape index (κ2) is 4.24. The summed E-state index contributed by atoms with van der Waals surface area (Å²) >= 11 is 0. The van der Waals surface area contributed by atoms with Crippen LogP contribution in [0.4, 0.5) is 0 Å². The fourth-order valence-corrected chi connectivity index (χ4v) is 1.74. The van der Waals surface area contributed by atoms with Gasteiger partial charge in [0.2, 0.25) is 0 Å². The predicted octanol–water partition coefficient (Wildman–Crippen LogP) is 3.48. The molecule has 0 saturated heterocycles. The van der Waals surface area contributed by atoms with Gasteiger partial charge >= 0.3 is 0 Å². The SMILES string of the molecule is C=C(CC)Cn1ccc2ccc(C#N)cc21. The van der Waals surface area contributed by atoms with Gasteiger partial charge in [-0.05, 0) is 30.0 Å². The Morgan fingerprint density at radius 2 is 2.25 bits per heavy atom. The van der Waals surface area contributed by atoms with Crippen LogP contribution in [-0.2, 0) is 6.54 Å². The van der Waals surface area contributed by atoms with Gasteiger partial charge in [-0.25, -0.2) is 0 Å². The van der Waals surface area contributed by atoms with Crippen LogP contribution in [0, 0.1) is 11.3 Å². The van der Waals surface area contributed by atoms with Gasteiger partial charge in [-0.15, -0.1) is 0 Å². The van der Waals surface area contributed by atoms with E-state index >= 15 is 0 Å². The molecule has 0 unspecified atom stereocenters. The summed E-state index contributed by atoms with van der Waals surface area (Å²) in [5, 5.41) is 10.0. The molecule has 0 bridgehead atoms. The van der Waals surface area contributed by atoms with Crippen LogP contribution in [0.15, 0.2) is 42.6 Å². The first-order valence-corrected chi connectivity index (χ1v) is 5.40. The zero-order chi connectivity index (χ0) is 11.5. The minimum Gasteiger partial charge on any atom is -0.343 e. The van der Waals surface area contributed by atoms with Crippen molar-refractivity contribution in [2.75, 3.05) is 0 Å². The number of nitrogens with zero attached hydrogens (tertiary/aromatic N) is 2. The Balaban J connectivity index is 2.46. The van der Waals surface area contributed by atoms with E-state index in [-0.39, 0.29) is 0 Å². The lowest BCUT2D eigenvalue weighted by Crippen LogP contribution is -1.97. The molecule has 2 heteroatoms. The van der Waals surface area contributed by atoms with Gasteiger partial charge < -0.3 is 4.57 Å². The Morgan fingerprint density at radius 1 is 1.44 bits per heavy atom. The Bertz CT molecular complexity index is 570. The highest BCUT2D eigenvalue weighted by atomic mass is 14.9. The number of benzene rings is 1. The Kier molecular flexibility index (Phi) is 2.78. The molecule has 2 rings (SSSR count). The highest BCUT2D eigenvalue weighted by Gasteiger charge is 2.02. The summed E-state index contributed by atoms with van der Waals surface area (Å²) in [6, 6.07) is 10.00. The van der Waals surface area contributed by atoms with E-state index in [0.717, 1.165) is 18.5 Å². The van der Waals surface area contributed by atoms with Crippen molar-refractivity contribution in [1.82, 2.24) is 4.57 Å². The molecule has 80 valence electrons. The summed E-state index contributed by atoms with van der Waals surface area (Å²) in [5.41, 5.74) is 3.00. The Morgan fingerprint density at radius 3 is 2.94 bits per heavy atom. The first kappa shape index (κ1) is 10.5. The van der Waals surface area contributed by atoms with Gasteiger partial charge in [0.1, 0.15) is 0 Å². The Labute approximate surface area is 95.4 Å². The third-order valence-electron chi connectivity index (χ3n) is 2.80. The number of allylic oxidation sites excluding steroid dienone is 1. The molecule has 0 aliphatic carbocycles. The van der Waals surface area contributed by atoms with Crippen molar-refractivity contribution in [2.24, 2.45) is 0 Å². The molecule has 0 saturated carbocycles. The molecular formula is C14H14N2. The van der Waals surface area contributed by atoms with Crippen LogP contribution in [0.2, 0.25) is 0 Å². The first-order chi connectivity index (χ1) is 7.74. The van der Waals surface area contributed by atoms with E-state index in [0.29, 0.717) is 5.56 Å². The Hall–Kier alpha value is -2.01. The molecule has 1 aromatic heterocycles. The largest absolute Gasteiger partial charge is 0.343 e. The molecule has 2 nitrogen and oxygen atoms in total. The summed E-state index contributed by atoms with van der Waals surface area (Å²) < 4.78 is 2.14. The van der Waals surface area contributed by atoms with E-state index < -0.39 is 0 Å². The number of hydrogen-bond acceptors (Lipinski definition) is 1. The van der Waals surface area contributed by atoms with E-state index in [1.807, 2.05) is 24.4 Å². The second-order valence-electron chi connectivity index (χ2n) is 3.93. The summed E-state index contributed by atoms with van der Waals surface area (Å²) in [5.74, 6) is 0. The summed E-state index contributed by atoms with van der Waals surface area (Å²) in [4.78, 5) is 0. The van der Waals surface area contributed by atoms with E-state index in [9.17, 15) is 0 Å². The van der Waals surface area contributed by atoms with E-state index in [1.165, 1.54) is 11.0 Å². The molecule has 0 aliphatic rings. The molecule has 0 fully saturated rings. The van der Waals surface area contributed by atoms with Crippen molar-refractivity contribution in [2.45, 2.75) is 19.9 Å². The normalized spacial score (nSPS) is 10.2. The second-order valence-corrected chi connectivity index (χ2v) is 3.93.